The van der Waals surface area contributed by atoms with Gasteiger partial charge in [-0.15, -0.1) is 5.10 Å². The largest absolute Gasteiger partial charge is 0.444 e. The number of piperidine rings is 1. The molecule has 0 spiro atoms. The number of fused-ring (bicyclic) bond motifs is 1. The van der Waals surface area contributed by atoms with Crippen LogP contribution in [0.2, 0.25) is 5.02 Å². The molecule has 1 aliphatic heterocycles. The maximum absolute atomic E-state index is 15.6. The SMILES string of the molecule is Cc1ccnc(N(C(=O)c2ccc(-n3nnc4cccnc43)cc2F)[C@@H]2CCCN(C(=O)OC(C)(C)C)C2)c1Cl. The van der Waals surface area contributed by atoms with Crippen molar-refractivity contribution in [1.29, 1.82) is 0 Å². The van der Waals surface area contributed by atoms with Crippen molar-refractivity contribution in [1.82, 2.24) is 29.9 Å². The first-order chi connectivity index (χ1) is 19.0. The lowest BCUT2D eigenvalue weighted by Gasteiger charge is -2.39. The standard InChI is InChI=1S/C28H29ClFN7O3/c1-17-11-13-32-25(23(17)29)36(19-7-6-14-35(16-19)27(39)40-28(2,3)4)26(38)20-10-9-18(15-21(20)30)37-24-22(33-34-37)8-5-12-31-24/h5,8-13,15,19H,6-7,14,16H2,1-4H3/t19-/m1/s1. The van der Waals surface area contributed by atoms with Crippen LogP contribution in [-0.4, -0.2) is 66.6 Å². The van der Waals surface area contributed by atoms with Crippen LogP contribution in [0, 0.1) is 12.7 Å². The van der Waals surface area contributed by atoms with Crippen molar-refractivity contribution in [2.75, 3.05) is 18.0 Å². The topological polar surface area (TPSA) is 106 Å². The average Bonchev–Trinajstić information content (AvgIpc) is 3.34. The minimum atomic E-state index is -0.754. The zero-order valence-electron chi connectivity index (χ0n) is 22.6. The number of anilines is 1. The third-order valence-corrected chi connectivity index (χ3v) is 7.03. The van der Waals surface area contributed by atoms with E-state index in [-0.39, 0.29) is 22.9 Å². The second kappa shape index (κ2) is 10.8. The van der Waals surface area contributed by atoms with Gasteiger partial charge in [0.1, 0.15) is 16.9 Å². The van der Waals surface area contributed by atoms with Crippen molar-refractivity contribution in [2.24, 2.45) is 0 Å². The maximum Gasteiger partial charge on any atom is 0.410 e. The number of hydrogen-bond donors (Lipinski definition) is 0. The van der Waals surface area contributed by atoms with Gasteiger partial charge < -0.3 is 9.64 Å². The van der Waals surface area contributed by atoms with Crippen molar-refractivity contribution in [3.63, 3.8) is 0 Å². The molecule has 0 radical (unpaired) electrons. The quantitative estimate of drug-likeness (QED) is 0.328. The molecule has 0 N–H and O–H groups in total. The molecule has 0 saturated carbocycles. The number of ether oxygens (including phenoxy) is 1. The van der Waals surface area contributed by atoms with Crippen LogP contribution in [-0.2, 0) is 4.74 Å². The van der Waals surface area contributed by atoms with Gasteiger partial charge in [0.25, 0.3) is 5.91 Å². The van der Waals surface area contributed by atoms with Crippen molar-refractivity contribution >= 4 is 40.6 Å². The van der Waals surface area contributed by atoms with E-state index in [0.29, 0.717) is 41.8 Å². The Labute approximate surface area is 235 Å². The molecule has 0 bridgehead atoms. The monoisotopic (exact) mass is 565 g/mol. The average molecular weight is 566 g/mol. The Hall–Kier alpha value is -4.12. The Bertz CT molecular complexity index is 1590. The first kappa shape index (κ1) is 27.4. The van der Waals surface area contributed by atoms with Gasteiger partial charge in [0.05, 0.1) is 22.3 Å². The summed E-state index contributed by atoms with van der Waals surface area (Å²) in [6.07, 6.45) is 3.85. The fourth-order valence-corrected chi connectivity index (χ4v) is 4.87. The number of carbonyl (C=O) groups is 2. The number of aromatic nitrogens is 5. The summed E-state index contributed by atoms with van der Waals surface area (Å²) >= 11 is 6.63. The van der Waals surface area contributed by atoms with Crippen LogP contribution >= 0.6 is 11.6 Å². The van der Waals surface area contributed by atoms with Gasteiger partial charge in [-0.25, -0.2) is 19.2 Å². The number of carbonyl (C=O) groups excluding carboxylic acids is 2. The molecule has 12 heteroatoms. The third kappa shape index (κ3) is 5.46. The van der Waals surface area contributed by atoms with Crippen molar-refractivity contribution in [3.05, 3.63) is 70.8 Å². The minimum absolute atomic E-state index is 0.171. The predicted octanol–water partition coefficient (Wildman–Crippen LogP) is 5.36. The van der Waals surface area contributed by atoms with Crippen LogP contribution < -0.4 is 4.90 Å². The van der Waals surface area contributed by atoms with Gasteiger partial charge in [0.2, 0.25) is 0 Å². The van der Waals surface area contributed by atoms with Gasteiger partial charge >= 0.3 is 6.09 Å². The Kier molecular flexibility index (Phi) is 7.41. The van der Waals surface area contributed by atoms with Crippen LogP contribution in [0.3, 0.4) is 0 Å². The van der Waals surface area contributed by atoms with E-state index in [1.165, 1.54) is 21.7 Å². The first-order valence-corrected chi connectivity index (χ1v) is 13.3. The number of amides is 2. The third-order valence-electron chi connectivity index (χ3n) is 6.56. The van der Waals surface area contributed by atoms with Crippen molar-refractivity contribution in [2.45, 2.75) is 52.2 Å². The van der Waals surface area contributed by atoms with Gasteiger partial charge in [0.15, 0.2) is 11.5 Å². The summed E-state index contributed by atoms with van der Waals surface area (Å²) in [6, 6.07) is 8.90. The highest BCUT2D eigenvalue weighted by molar-refractivity contribution is 6.34. The lowest BCUT2D eigenvalue weighted by molar-refractivity contribution is 0.0196. The summed E-state index contributed by atoms with van der Waals surface area (Å²) < 4.78 is 22.6. The molecule has 0 aliphatic carbocycles. The maximum atomic E-state index is 15.6. The normalized spacial score (nSPS) is 15.8. The van der Waals surface area contributed by atoms with E-state index in [4.69, 9.17) is 16.3 Å². The first-order valence-electron chi connectivity index (χ1n) is 12.9. The molecule has 1 fully saturated rings. The molecule has 1 atom stereocenters. The molecule has 4 heterocycles. The van der Waals surface area contributed by atoms with Crippen LogP contribution in [0.5, 0.6) is 0 Å². The molecule has 1 aromatic carbocycles. The molecular formula is C28H29ClFN7O3. The zero-order valence-corrected chi connectivity index (χ0v) is 23.4. The molecular weight excluding hydrogens is 537 g/mol. The van der Waals surface area contributed by atoms with Gasteiger partial charge in [-0.05, 0) is 76.4 Å². The van der Waals surface area contributed by atoms with E-state index in [9.17, 15) is 9.59 Å². The molecule has 1 aliphatic rings. The summed E-state index contributed by atoms with van der Waals surface area (Å²) in [7, 11) is 0. The highest BCUT2D eigenvalue weighted by atomic mass is 35.5. The van der Waals surface area contributed by atoms with E-state index in [0.717, 1.165) is 0 Å². The molecule has 40 heavy (non-hydrogen) atoms. The molecule has 0 unspecified atom stereocenters. The molecule has 208 valence electrons. The van der Waals surface area contributed by atoms with Gasteiger partial charge in [-0.3, -0.25) is 9.69 Å². The number of benzene rings is 1. The van der Waals surface area contributed by atoms with Gasteiger partial charge in [-0.1, -0.05) is 16.8 Å². The molecule has 5 rings (SSSR count). The fraction of sp³-hybridized carbons (Fsp3) is 0.357. The van der Waals surface area contributed by atoms with Gasteiger partial charge in [0, 0.05) is 31.5 Å². The molecule has 4 aromatic rings. The highest BCUT2D eigenvalue weighted by Gasteiger charge is 2.36. The molecule has 2 amide bonds. The van der Waals surface area contributed by atoms with Crippen LogP contribution in [0.25, 0.3) is 16.9 Å². The Morgan fingerprint density at radius 3 is 2.70 bits per heavy atom. The number of nitrogens with zero attached hydrogens (tertiary/aromatic N) is 7. The summed E-state index contributed by atoms with van der Waals surface area (Å²) in [6.45, 7) is 7.85. The van der Waals surface area contributed by atoms with Crippen molar-refractivity contribution < 1.29 is 18.7 Å². The van der Waals surface area contributed by atoms with E-state index >= 15 is 4.39 Å². The molecule has 3 aromatic heterocycles. The number of aryl methyl sites for hydroxylation is 1. The summed E-state index contributed by atoms with van der Waals surface area (Å²) in [4.78, 5) is 38.5. The van der Waals surface area contributed by atoms with E-state index in [2.05, 4.69) is 20.3 Å². The number of hydrogen-bond acceptors (Lipinski definition) is 7. The summed E-state index contributed by atoms with van der Waals surface area (Å²) in [5.41, 5.74) is 1.25. The van der Waals surface area contributed by atoms with Crippen LogP contribution in [0.1, 0.15) is 49.5 Å². The van der Waals surface area contributed by atoms with E-state index in [1.54, 1.807) is 69.3 Å². The number of pyridine rings is 2. The van der Waals surface area contributed by atoms with Crippen LogP contribution in [0.15, 0.2) is 48.8 Å². The second-order valence-corrected chi connectivity index (χ2v) is 11.1. The number of halogens is 2. The minimum Gasteiger partial charge on any atom is -0.444 e. The Morgan fingerprint density at radius 1 is 1.15 bits per heavy atom. The smallest absolute Gasteiger partial charge is 0.410 e. The molecule has 10 nitrogen and oxygen atoms in total. The van der Waals surface area contributed by atoms with E-state index < -0.39 is 29.5 Å². The summed E-state index contributed by atoms with van der Waals surface area (Å²) in [5.74, 6) is -1.17. The predicted molar refractivity (Wildman–Crippen MR) is 148 cm³/mol. The Morgan fingerprint density at radius 2 is 1.95 bits per heavy atom. The highest BCUT2D eigenvalue weighted by Crippen LogP contribution is 2.32. The summed E-state index contributed by atoms with van der Waals surface area (Å²) in [5, 5.41) is 8.41. The number of likely N-dealkylation sites (tertiary alicyclic amines) is 1. The van der Waals surface area contributed by atoms with Crippen LogP contribution in [0.4, 0.5) is 15.0 Å². The number of rotatable bonds is 4. The molecule has 1 saturated heterocycles. The Balaban J connectivity index is 1.51. The fourth-order valence-electron chi connectivity index (χ4n) is 4.66. The van der Waals surface area contributed by atoms with Gasteiger partial charge in [-0.2, -0.15) is 4.68 Å². The van der Waals surface area contributed by atoms with Crippen molar-refractivity contribution in [3.8, 4) is 5.69 Å². The second-order valence-electron chi connectivity index (χ2n) is 10.7. The lowest BCUT2D eigenvalue weighted by Crippen LogP contribution is -2.53. The lowest BCUT2D eigenvalue weighted by atomic mass is 10.0. The van der Waals surface area contributed by atoms with E-state index in [1.807, 2.05) is 0 Å². The zero-order chi connectivity index (χ0) is 28.6.